The van der Waals surface area contributed by atoms with Crippen molar-refractivity contribution in [2.45, 2.75) is 59.3 Å². The van der Waals surface area contributed by atoms with E-state index in [1.165, 1.54) is 25.7 Å². The molecule has 0 aromatic heterocycles. The topological polar surface area (TPSA) is 74.8 Å². The monoisotopic (exact) mass is 482 g/mol. The Morgan fingerprint density at radius 2 is 1.85 bits per heavy atom. The van der Waals surface area contributed by atoms with Crippen molar-refractivity contribution in [2.24, 2.45) is 16.8 Å². The number of aliphatic imine (C=N–C) groups is 1. The Labute approximate surface area is 176 Å². The third-order valence-corrected chi connectivity index (χ3v) is 4.20. The van der Waals surface area contributed by atoms with Crippen LogP contribution >= 0.6 is 24.0 Å². The van der Waals surface area contributed by atoms with Crippen LogP contribution in [0.1, 0.15) is 59.3 Å². The van der Waals surface area contributed by atoms with Gasteiger partial charge in [0.15, 0.2) is 5.96 Å². The number of ether oxygens (including phenoxy) is 1. The van der Waals surface area contributed by atoms with Crippen LogP contribution < -0.4 is 16.0 Å². The summed E-state index contributed by atoms with van der Waals surface area (Å²) in [6, 6.07) is 0. The maximum atomic E-state index is 11.9. The molecule has 1 saturated carbocycles. The molecule has 0 unspecified atom stereocenters. The molecular weight excluding hydrogens is 443 g/mol. The lowest BCUT2D eigenvalue weighted by atomic mass is 10.0. The molecule has 0 bridgehead atoms. The van der Waals surface area contributed by atoms with Crippen LogP contribution in [0.4, 0.5) is 0 Å². The first kappa shape index (κ1) is 25.4. The first-order valence-corrected chi connectivity index (χ1v) is 9.98. The van der Waals surface area contributed by atoms with Gasteiger partial charge in [-0.15, -0.1) is 24.0 Å². The number of hydrogen-bond acceptors (Lipinski definition) is 3. The summed E-state index contributed by atoms with van der Waals surface area (Å²) < 4.78 is 5.56. The van der Waals surface area contributed by atoms with Crippen LogP contribution in [-0.4, -0.2) is 51.3 Å². The molecule has 0 heterocycles. The van der Waals surface area contributed by atoms with E-state index < -0.39 is 0 Å². The van der Waals surface area contributed by atoms with Gasteiger partial charge in [-0.05, 0) is 38.0 Å². The van der Waals surface area contributed by atoms with Gasteiger partial charge < -0.3 is 20.7 Å². The molecule has 26 heavy (non-hydrogen) atoms. The SMILES string of the molecule is CCNC(=NCCCOCC(C)C)NCCNC(=O)CC1CCCC1.I. The summed E-state index contributed by atoms with van der Waals surface area (Å²) in [7, 11) is 0. The number of nitrogens with zero attached hydrogens (tertiary/aromatic N) is 1. The zero-order valence-corrected chi connectivity index (χ0v) is 19.1. The van der Waals surface area contributed by atoms with E-state index >= 15 is 0 Å². The molecule has 1 amide bonds. The molecule has 6 nitrogen and oxygen atoms in total. The molecule has 0 saturated heterocycles. The lowest BCUT2D eigenvalue weighted by Crippen LogP contribution is -2.41. The molecule has 3 N–H and O–H groups in total. The third-order valence-electron chi connectivity index (χ3n) is 4.20. The molecule has 1 aliphatic carbocycles. The summed E-state index contributed by atoms with van der Waals surface area (Å²) in [5.41, 5.74) is 0. The number of carbonyl (C=O) groups excluding carboxylic acids is 1. The molecule has 1 fully saturated rings. The molecule has 1 rings (SSSR count). The van der Waals surface area contributed by atoms with Crippen molar-refractivity contribution in [3.63, 3.8) is 0 Å². The summed E-state index contributed by atoms with van der Waals surface area (Å²) in [4.78, 5) is 16.4. The predicted octanol–water partition coefficient (Wildman–Crippen LogP) is 2.92. The Morgan fingerprint density at radius 1 is 1.15 bits per heavy atom. The van der Waals surface area contributed by atoms with Gasteiger partial charge in [0.25, 0.3) is 0 Å². The van der Waals surface area contributed by atoms with Crippen molar-refractivity contribution in [1.29, 1.82) is 0 Å². The highest BCUT2D eigenvalue weighted by Gasteiger charge is 2.17. The first-order valence-electron chi connectivity index (χ1n) is 9.98. The van der Waals surface area contributed by atoms with Gasteiger partial charge >= 0.3 is 0 Å². The van der Waals surface area contributed by atoms with Crippen molar-refractivity contribution in [2.75, 3.05) is 39.4 Å². The summed E-state index contributed by atoms with van der Waals surface area (Å²) >= 11 is 0. The average Bonchev–Trinajstić information content (AvgIpc) is 3.07. The maximum absolute atomic E-state index is 11.9. The molecule has 1 aliphatic rings. The van der Waals surface area contributed by atoms with Gasteiger partial charge in [0.1, 0.15) is 0 Å². The molecule has 0 atom stereocenters. The fraction of sp³-hybridized carbons (Fsp3) is 0.895. The van der Waals surface area contributed by atoms with E-state index in [9.17, 15) is 4.79 Å². The summed E-state index contributed by atoms with van der Waals surface area (Å²) in [5.74, 6) is 2.16. The largest absolute Gasteiger partial charge is 0.381 e. The van der Waals surface area contributed by atoms with Gasteiger partial charge in [-0.2, -0.15) is 0 Å². The molecule has 7 heteroatoms. The molecule has 0 aromatic carbocycles. The van der Waals surface area contributed by atoms with Gasteiger partial charge in [-0.25, -0.2) is 0 Å². The van der Waals surface area contributed by atoms with Crippen molar-refractivity contribution in [3.8, 4) is 0 Å². The number of guanidine groups is 1. The quantitative estimate of drug-likeness (QED) is 0.173. The number of nitrogens with one attached hydrogen (secondary N) is 3. The van der Waals surface area contributed by atoms with Crippen LogP contribution in [0, 0.1) is 11.8 Å². The second-order valence-electron chi connectivity index (χ2n) is 7.21. The first-order chi connectivity index (χ1) is 12.1. The van der Waals surface area contributed by atoms with E-state index in [4.69, 9.17) is 4.74 Å². The number of amides is 1. The van der Waals surface area contributed by atoms with E-state index in [2.05, 4.69) is 34.8 Å². The van der Waals surface area contributed by atoms with Crippen LogP contribution in [0.3, 0.4) is 0 Å². The Hall–Kier alpha value is -0.570. The predicted molar refractivity (Wildman–Crippen MR) is 119 cm³/mol. The number of carbonyl (C=O) groups is 1. The van der Waals surface area contributed by atoms with E-state index in [0.717, 1.165) is 38.7 Å². The van der Waals surface area contributed by atoms with Crippen LogP contribution in [-0.2, 0) is 9.53 Å². The Kier molecular flexibility index (Phi) is 16.2. The van der Waals surface area contributed by atoms with Gasteiger partial charge in [0.05, 0.1) is 0 Å². The van der Waals surface area contributed by atoms with Gasteiger partial charge in [0.2, 0.25) is 5.91 Å². The molecular formula is C19H39IN4O2. The normalized spacial score (nSPS) is 15.0. The van der Waals surface area contributed by atoms with Crippen LogP contribution in [0.25, 0.3) is 0 Å². The molecule has 0 aliphatic heterocycles. The van der Waals surface area contributed by atoms with Crippen molar-refractivity contribution in [1.82, 2.24) is 16.0 Å². The lowest BCUT2D eigenvalue weighted by Gasteiger charge is -2.13. The maximum Gasteiger partial charge on any atom is 0.220 e. The fourth-order valence-corrected chi connectivity index (χ4v) is 2.95. The Bertz CT molecular complexity index is 386. The number of rotatable bonds is 12. The minimum atomic E-state index is 0. The van der Waals surface area contributed by atoms with Gasteiger partial charge in [-0.1, -0.05) is 26.7 Å². The minimum Gasteiger partial charge on any atom is -0.381 e. The van der Waals surface area contributed by atoms with Gasteiger partial charge in [0, 0.05) is 45.8 Å². The van der Waals surface area contributed by atoms with E-state index in [1.54, 1.807) is 0 Å². The van der Waals surface area contributed by atoms with Crippen molar-refractivity contribution >= 4 is 35.8 Å². The van der Waals surface area contributed by atoms with E-state index in [0.29, 0.717) is 31.3 Å². The minimum absolute atomic E-state index is 0. The highest BCUT2D eigenvalue weighted by molar-refractivity contribution is 14.0. The van der Waals surface area contributed by atoms with Crippen molar-refractivity contribution < 1.29 is 9.53 Å². The van der Waals surface area contributed by atoms with Crippen LogP contribution in [0.5, 0.6) is 0 Å². The third kappa shape index (κ3) is 13.6. The zero-order valence-electron chi connectivity index (χ0n) is 16.8. The fourth-order valence-electron chi connectivity index (χ4n) is 2.95. The smallest absolute Gasteiger partial charge is 0.220 e. The summed E-state index contributed by atoms with van der Waals surface area (Å²) in [5, 5.41) is 9.48. The Balaban J connectivity index is 0.00000625. The van der Waals surface area contributed by atoms with Crippen LogP contribution in [0.2, 0.25) is 0 Å². The Morgan fingerprint density at radius 3 is 2.50 bits per heavy atom. The summed E-state index contributed by atoms with van der Waals surface area (Å²) in [6.07, 6.45) is 6.59. The molecule has 0 spiro atoms. The molecule has 0 radical (unpaired) electrons. The second-order valence-corrected chi connectivity index (χ2v) is 7.21. The summed E-state index contributed by atoms with van der Waals surface area (Å²) in [6.45, 7) is 10.8. The van der Waals surface area contributed by atoms with E-state index in [-0.39, 0.29) is 29.9 Å². The van der Waals surface area contributed by atoms with Gasteiger partial charge in [-0.3, -0.25) is 9.79 Å². The highest BCUT2D eigenvalue weighted by Crippen LogP contribution is 2.27. The van der Waals surface area contributed by atoms with Crippen molar-refractivity contribution in [3.05, 3.63) is 0 Å². The zero-order chi connectivity index (χ0) is 18.3. The molecule has 0 aromatic rings. The molecule has 154 valence electrons. The number of halogens is 1. The lowest BCUT2D eigenvalue weighted by molar-refractivity contribution is -0.121. The standard InChI is InChI=1S/C19H38N4O2.HI/c1-4-20-19(22-10-7-13-25-15-16(2)3)23-12-11-21-18(24)14-17-8-5-6-9-17;/h16-17H,4-15H2,1-3H3,(H,21,24)(H2,20,22,23);1H. The second kappa shape index (κ2) is 16.6. The number of hydrogen-bond donors (Lipinski definition) is 3. The van der Waals surface area contributed by atoms with Crippen LogP contribution in [0.15, 0.2) is 4.99 Å². The highest BCUT2D eigenvalue weighted by atomic mass is 127. The van der Waals surface area contributed by atoms with E-state index in [1.807, 2.05) is 6.92 Å². The average molecular weight is 482 g/mol.